The van der Waals surface area contributed by atoms with Crippen molar-refractivity contribution in [3.8, 4) is 0 Å². The summed E-state index contributed by atoms with van der Waals surface area (Å²) in [5, 5.41) is 3.38. The van der Waals surface area contributed by atoms with Crippen molar-refractivity contribution in [2.24, 2.45) is 5.92 Å². The Bertz CT molecular complexity index is 485. The van der Waals surface area contributed by atoms with E-state index in [0.717, 1.165) is 26.1 Å². The van der Waals surface area contributed by atoms with Crippen molar-refractivity contribution in [1.82, 2.24) is 10.2 Å². The van der Waals surface area contributed by atoms with E-state index in [-0.39, 0.29) is 5.92 Å². The minimum absolute atomic E-state index is 0.228. The van der Waals surface area contributed by atoms with Gasteiger partial charge in [0.25, 0.3) is 0 Å². The van der Waals surface area contributed by atoms with Gasteiger partial charge in [0.2, 0.25) is 5.91 Å². The second kappa shape index (κ2) is 4.97. The van der Waals surface area contributed by atoms with Gasteiger partial charge in [-0.1, -0.05) is 24.3 Å². The fourth-order valence-electron chi connectivity index (χ4n) is 3.18. The maximum atomic E-state index is 12.5. The zero-order chi connectivity index (χ0) is 13.4. The standard InChI is InChI=1S/C16H22N2O/c1-11-5-3-4-6-13(11)14-9-15(14)16(19)18-8-7-17-12(2)10-18/h3-6,12,14-15,17H,7-10H2,1-2H3/t12-,14-,15-/m0/s1. The SMILES string of the molecule is Cc1ccccc1[C@@H]1C[C@@H]1C(=O)N1CCN[C@@H](C)C1. The van der Waals surface area contributed by atoms with E-state index in [0.29, 0.717) is 17.9 Å². The van der Waals surface area contributed by atoms with E-state index in [2.05, 4.69) is 43.4 Å². The molecule has 0 aromatic heterocycles. The number of piperazine rings is 1. The molecule has 1 aliphatic heterocycles. The topological polar surface area (TPSA) is 32.3 Å². The third-order valence-corrected chi connectivity index (χ3v) is 4.38. The van der Waals surface area contributed by atoms with Gasteiger partial charge in [-0.15, -0.1) is 0 Å². The highest BCUT2D eigenvalue weighted by atomic mass is 16.2. The molecule has 1 N–H and O–H groups in total. The highest BCUT2D eigenvalue weighted by Crippen LogP contribution is 2.49. The van der Waals surface area contributed by atoms with Crippen molar-refractivity contribution >= 4 is 5.91 Å². The molecule has 19 heavy (non-hydrogen) atoms. The van der Waals surface area contributed by atoms with Gasteiger partial charge in [0.1, 0.15) is 0 Å². The van der Waals surface area contributed by atoms with Crippen LogP contribution in [0.25, 0.3) is 0 Å². The molecule has 1 heterocycles. The summed E-state index contributed by atoms with van der Waals surface area (Å²) in [6.07, 6.45) is 1.03. The second-order valence-corrected chi connectivity index (χ2v) is 5.94. The van der Waals surface area contributed by atoms with Crippen molar-refractivity contribution in [3.05, 3.63) is 35.4 Å². The molecular weight excluding hydrogens is 236 g/mol. The van der Waals surface area contributed by atoms with Crippen molar-refractivity contribution in [3.63, 3.8) is 0 Å². The predicted molar refractivity (Wildman–Crippen MR) is 76.1 cm³/mol. The van der Waals surface area contributed by atoms with Crippen LogP contribution >= 0.6 is 0 Å². The molecule has 0 bridgehead atoms. The number of rotatable bonds is 2. The van der Waals surface area contributed by atoms with Crippen LogP contribution in [0.15, 0.2) is 24.3 Å². The zero-order valence-electron chi connectivity index (χ0n) is 11.7. The summed E-state index contributed by atoms with van der Waals surface area (Å²) in [6.45, 7) is 6.93. The van der Waals surface area contributed by atoms with Gasteiger partial charge in [0, 0.05) is 31.6 Å². The van der Waals surface area contributed by atoms with Crippen LogP contribution in [0.4, 0.5) is 0 Å². The van der Waals surface area contributed by atoms with E-state index >= 15 is 0 Å². The van der Waals surface area contributed by atoms with Crippen LogP contribution in [0, 0.1) is 12.8 Å². The number of nitrogens with zero attached hydrogens (tertiary/aromatic N) is 1. The summed E-state index contributed by atoms with van der Waals surface area (Å²) in [4.78, 5) is 14.5. The van der Waals surface area contributed by atoms with Crippen molar-refractivity contribution in [2.45, 2.75) is 32.2 Å². The van der Waals surface area contributed by atoms with E-state index in [4.69, 9.17) is 0 Å². The smallest absolute Gasteiger partial charge is 0.226 e. The normalized spacial score (nSPS) is 30.2. The van der Waals surface area contributed by atoms with E-state index in [1.165, 1.54) is 11.1 Å². The Morgan fingerprint density at radius 1 is 1.37 bits per heavy atom. The minimum atomic E-state index is 0.228. The lowest BCUT2D eigenvalue weighted by molar-refractivity contribution is -0.133. The number of nitrogens with one attached hydrogen (secondary N) is 1. The summed E-state index contributed by atoms with van der Waals surface area (Å²) in [7, 11) is 0. The summed E-state index contributed by atoms with van der Waals surface area (Å²) in [5.74, 6) is 1.05. The van der Waals surface area contributed by atoms with Crippen LogP contribution in [0.3, 0.4) is 0 Å². The van der Waals surface area contributed by atoms with Gasteiger partial charge in [-0.05, 0) is 37.3 Å². The Kier molecular flexibility index (Phi) is 3.31. The van der Waals surface area contributed by atoms with Gasteiger partial charge in [0.15, 0.2) is 0 Å². The highest BCUT2D eigenvalue weighted by molar-refractivity contribution is 5.83. The first-order chi connectivity index (χ1) is 9.16. The van der Waals surface area contributed by atoms with Crippen LogP contribution in [-0.2, 0) is 4.79 Å². The molecule has 1 aromatic rings. The first-order valence-corrected chi connectivity index (χ1v) is 7.24. The molecule has 1 amide bonds. The van der Waals surface area contributed by atoms with Gasteiger partial charge < -0.3 is 10.2 Å². The van der Waals surface area contributed by atoms with Crippen LogP contribution in [0.5, 0.6) is 0 Å². The fraction of sp³-hybridized carbons (Fsp3) is 0.562. The number of hydrogen-bond donors (Lipinski definition) is 1. The minimum Gasteiger partial charge on any atom is -0.340 e. The van der Waals surface area contributed by atoms with Crippen LogP contribution < -0.4 is 5.32 Å². The molecule has 2 aliphatic rings. The number of carbonyl (C=O) groups is 1. The third-order valence-electron chi connectivity index (χ3n) is 4.38. The Labute approximate surface area is 115 Å². The van der Waals surface area contributed by atoms with Gasteiger partial charge in [-0.25, -0.2) is 0 Å². The fourth-order valence-corrected chi connectivity index (χ4v) is 3.18. The molecule has 1 saturated carbocycles. The monoisotopic (exact) mass is 258 g/mol. The second-order valence-electron chi connectivity index (χ2n) is 5.94. The maximum absolute atomic E-state index is 12.5. The van der Waals surface area contributed by atoms with Crippen molar-refractivity contribution in [2.75, 3.05) is 19.6 Å². The molecule has 2 fully saturated rings. The summed E-state index contributed by atoms with van der Waals surface area (Å²) in [5.41, 5.74) is 2.68. The lowest BCUT2D eigenvalue weighted by Gasteiger charge is -2.32. The first-order valence-electron chi connectivity index (χ1n) is 7.24. The van der Waals surface area contributed by atoms with Gasteiger partial charge in [-0.2, -0.15) is 0 Å². The molecule has 3 nitrogen and oxygen atoms in total. The van der Waals surface area contributed by atoms with E-state index in [1.54, 1.807) is 0 Å². The first kappa shape index (κ1) is 12.7. The number of amides is 1. The predicted octanol–water partition coefficient (Wildman–Crippen LogP) is 1.92. The van der Waals surface area contributed by atoms with Gasteiger partial charge in [0.05, 0.1) is 0 Å². The van der Waals surface area contributed by atoms with Gasteiger partial charge in [-0.3, -0.25) is 4.79 Å². The van der Waals surface area contributed by atoms with Crippen molar-refractivity contribution < 1.29 is 4.79 Å². The Morgan fingerprint density at radius 3 is 2.89 bits per heavy atom. The van der Waals surface area contributed by atoms with Crippen molar-refractivity contribution in [1.29, 1.82) is 0 Å². The van der Waals surface area contributed by atoms with E-state index in [1.807, 2.05) is 4.90 Å². The molecule has 1 saturated heterocycles. The number of aryl methyl sites for hydroxylation is 1. The molecule has 102 valence electrons. The number of benzene rings is 1. The highest BCUT2D eigenvalue weighted by Gasteiger charge is 2.46. The Hall–Kier alpha value is -1.35. The van der Waals surface area contributed by atoms with Crippen LogP contribution in [0.1, 0.15) is 30.4 Å². The van der Waals surface area contributed by atoms with Crippen LogP contribution in [0.2, 0.25) is 0 Å². The molecule has 3 rings (SSSR count). The van der Waals surface area contributed by atoms with Crippen LogP contribution in [-0.4, -0.2) is 36.5 Å². The molecular formula is C16H22N2O. The molecule has 0 radical (unpaired) electrons. The molecule has 3 heteroatoms. The average Bonchev–Trinajstić information content (AvgIpc) is 3.18. The summed E-state index contributed by atoms with van der Waals surface area (Å²) < 4.78 is 0. The quantitative estimate of drug-likeness (QED) is 0.879. The summed E-state index contributed by atoms with van der Waals surface area (Å²) in [6, 6.07) is 8.88. The summed E-state index contributed by atoms with van der Waals surface area (Å²) >= 11 is 0. The molecule has 1 aliphatic carbocycles. The number of hydrogen-bond acceptors (Lipinski definition) is 2. The zero-order valence-corrected chi connectivity index (χ0v) is 11.7. The number of carbonyl (C=O) groups excluding carboxylic acids is 1. The largest absolute Gasteiger partial charge is 0.340 e. The van der Waals surface area contributed by atoms with E-state index in [9.17, 15) is 4.79 Å². The van der Waals surface area contributed by atoms with E-state index < -0.39 is 0 Å². The van der Waals surface area contributed by atoms with Gasteiger partial charge >= 0.3 is 0 Å². The molecule has 1 aromatic carbocycles. The molecule has 0 unspecified atom stereocenters. The third kappa shape index (κ3) is 2.52. The Balaban J connectivity index is 1.66. The maximum Gasteiger partial charge on any atom is 0.226 e. The lowest BCUT2D eigenvalue weighted by Crippen LogP contribution is -2.51. The molecule has 3 atom stereocenters. The lowest BCUT2D eigenvalue weighted by atomic mass is 10.0. The Morgan fingerprint density at radius 2 is 2.16 bits per heavy atom. The molecule has 0 spiro atoms. The average molecular weight is 258 g/mol.